The van der Waals surface area contributed by atoms with Gasteiger partial charge in [-0.05, 0) is 112 Å². The third-order valence-electron chi connectivity index (χ3n) is 6.11. The Morgan fingerprint density at radius 1 is 1.03 bits per heavy atom. The number of nitrogens with zero attached hydrogens (tertiary/aromatic N) is 1. The summed E-state index contributed by atoms with van der Waals surface area (Å²) in [4.78, 5) is 13.2. The van der Waals surface area contributed by atoms with Crippen molar-refractivity contribution in [3.05, 3.63) is 101 Å². The Morgan fingerprint density at radius 3 is 2.46 bits per heavy atom. The molecule has 0 aliphatic rings. The summed E-state index contributed by atoms with van der Waals surface area (Å²) >= 11 is 0. The Bertz CT molecular complexity index is 1550. The minimum absolute atomic E-state index is 0.341. The molecule has 1 atom stereocenters. The molecule has 200 valence electrons. The summed E-state index contributed by atoms with van der Waals surface area (Å²) in [6, 6.07) is 21.8. The SMILES string of the molecule is Cc1cc2cc(/C(=C/COc3ccc(OC(C)C(=O)O)c(C)c3)c3ccc(C#CCN(C)C)cc3)ccc2o1. The Morgan fingerprint density at radius 2 is 1.77 bits per heavy atom. The van der Waals surface area contributed by atoms with E-state index in [1.807, 2.05) is 63.2 Å². The summed E-state index contributed by atoms with van der Waals surface area (Å²) in [5, 5.41) is 10.2. The molecule has 6 nitrogen and oxygen atoms in total. The lowest BCUT2D eigenvalue weighted by Gasteiger charge is -2.14. The van der Waals surface area contributed by atoms with Crippen LogP contribution in [0, 0.1) is 25.7 Å². The Hall–Kier alpha value is -4.47. The van der Waals surface area contributed by atoms with Crippen LogP contribution in [0.4, 0.5) is 0 Å². The highest BCUT2D eigenvalue weighted by atomic mass is 16.5. The van der Waals surface area contributed by atoms with E-state index in [0.717, 1.165) is 44.6 Å². The second-order valence-electron chi connectivity index (χ2n) is 9.68. The molecule has 39 heavy (non-hydrogen) atoms. The minimum Gasteiger partial charge on any atom is -0.489 e. The minimum atomic E-state index is -1.01. The molecule has 0 fully saturated rings. The Kier molecular flexibility index (Phi) is 8.75. The summed E-state index contributed by atoms with van der Waals surface area (Å²) in [7, 11) is 4.00. The number of aryl methyl sites for hydroxylation is 2. The summed E-state index contributed by atoms with van der Waals surface area (Å²) in [5.41, 5.74) is 5.77. The molecule has 0 aliphatic carbocycles. The standard InChI is InChI=1S/C33H33NO5/c1-22-19-29(13-15-31(22)39-24(3)33(35)36)37-18-16-30(27-12-14-32-28(21-27)20-23(2)38-32)26-10-8-25(9-11-26)7-6-17-34(4)5/h8-16,19-21,24H,17-18H2,1-5H3,(H,35,36)/b30-16+. The van der Waals surface area contributed by atoms with E-state index in [2.05, 4.69) is 42.2 Å². The first-order valence-corrected chi connectivity index (χ1v) is 12.8. The van der Waals surface area contributed by atoms with Crippen LogP contribution in [0.2, 0.25) is 0 Å². The van der Waals surface area contributed by atoms with Crippen LogP contribution < -0.4 is 9.47 Å². The fourth-order valence-corrected chi connectivity index (χ4v) is 4.08. The van der Waals surface area contributed by atoms with Crippen LogP contribution in [0.1, 0.15) is 34.9 Å². The molecule has 6 heteroatoms. The van der Waals surface area contributed by atoms with Crippen molar-refractivity contribution in [3.63, 3.8) is 0 Å². The summed E-state index contributed by atoms with van der Waals surface area (Å²) < 4.78 is 17.4. The maximum Gasteiger partial charge on any atom is 0.344 e. The molecule has 0 bridgehead atoms. The number of fused-ring (bicyclic) bond motifs is 1. The molecule has 0 aliphatic heterocycles. The Balaban J connectivity index is 1.58. The van der Waals surface area contributed by atoms with Gasteiger partial charge in [-0.1, -0.05) is 30.0 Å². The van der Waals surface area contributed by atoms with Crippen LogP contribution in [-0.4, -0.2) is 49.3 Å². The zero-order valence-electron chi connectivity index (χ0n) is 22.9. The average Bonchev–Trinajstić information content (AvgIpc) is 3.27. The fourth-order valence-electron chi connectivity index (χ4n) is 4.08. The van der Waals surface area contributed by atoms with E-state index in [9.17, 15) is 4.79 Å². The third-order valence-corrected chi connectivity index (χ3v) is 6.11. The van der Waals surface area contributed by atoms with Crippen LogP contribution in [0.5, 0.6) is 11.5 Å². The highest BCUT2D eigenvalue weighted by Gasteiger charge is 2.14. The van der Waals surface area contributed by atoms with E-state index < -0.39 is 12.1 Å². The van der Waals surface area contributed by atoms with Gasteiger partial charge in [0.05, 0.1) is 6.54 Å². The van der Waals surface area contributed by atoms with E-state index in [4.69, 9.17) is 19.0 Å². The lowest BCUT2D eigenvalue weighted by Crippen LogP contribution is -2.23. The molecule has 1 N–H and O–H groups in total. The van der Waals surface area contributed by atoms with Gasteiger partial charge in [0.1, 0.15) is 29.4 Å². The van der Waals surface area contributed by atoms with Crippen molar-refractivity contribution < 1.29 is 23.8 Å². The second kappa shape index (κ2) is 12.4. The number of furan rings is 1. The van der Waals surface area contributed by atoms with Crippen molar-refractivity contribution in [2.75, 3.05) is 27.2 Å². The lowest BCUT2D eigenvalue weighted by atomic mass is 9.96. The number of hydrogen-bond acceptors (Lipinski definition) is 5. The highest BCUT2D eigenvalue weighted by molar-refractivity contribution is 5.87. The molecule has 0 radical (unpaired) electrons. The molecule has 1 aromatic heterocycles. The predicted octanol–water partition coefficient (Wildman–Crippen LogP) is 6.33. The van der Waals surface area contributed by atoms with Crippen LogP contribution in [-0.2, 0) is 4.79 Å². The maximum atomic E-state index is 11.1. The zero-order valence-corrected chi connectivity index (χ0v) is 22.9. The topological polar surface area (TPSA) is 72.1 Å². The van der Waals surface area contributed by atoms with Crippen LogP contribution >= 0.6 is 0 Å². The molecule has 0 saturated carbocycles. The molecule has 0 amide bonds. The number of hydrogen-bond donors (Lipinski definition) is 1. The molecule has 3 aromatic carbocycles. The van der Waals surface area contributed by atoms with Crippen LogP contribution in [0.3, 0.4) is 0 Å². The van der Waals surface area contributed by atoms with Crippen molar-refractivity contribution >= 4 is 22.5 Å². The number of rotatable bonds is 9. The van der Waals surface area contributed by atoms with E-state index in [0.29, 0.717) is 24.7 Å². The van der Waals surface area contributed by atoms with Gasteiger partial charge in [-0.3, -0.25) is 4.90 Å². The number of carbonyl (C=O) groups is 1. The van der Waals surface area contributed by atoms with Gasteiger partial charge in [0.2, 0.25) is 0 Å². The highest BCUT2D eigenvalue weighted by Crippen LogP contribution is 2.29. The largest absolute Gasteiger partial charge is 0.489 e. The molecular weight excluding hydrogens is 490 g/mol. The van der Waals surface area contributed by atoms with E-state index in [-0.39, 0.29) is 0 Å². The molecule has 4 rings (SSSR count). The zero-order chi connectivity index (χ0) is 27.9. The molecule has 0 saturated heterocycles. The Labute approximate surface area is 229 Å². The van der Waals surface area contributed by atoms with Gasteiger partial charge in [-0.15, -0.1) is 0 Å². The molecule has 4 aromatic rings. The fraction of sp³-hybridized carbons (Fsp3) is 0.242. The first-order chi connectivity index (χ1) is 18.7. The summed E-state index contributed by atoms with van der Waals surface area (Å²) in [6.45, 7) is 6.36. The maximum absolute atomic E-state index is 11.1. The van der Waals surface area contributed by atoms with Gasteiger partial charge >= 0.3 is 5.97 Å². The first-order valence-electron chi connectivity index (χ1n) is 12.8. The summed E-state index contributed by atoms with van der Waals surface area (Å²) in [6.07, 6.45) is 1.13. The lowest BCUT2D eigenvalue weighted by molar-refractivity contribution is -0.144. The number of aliphatic carboxylic acids is 1. The van der Waals surface area contributed by atoms with Crippen molar-refractivity contribution in [3.8, 4) is 23.3 Å². The van der Waals surface area contributed by atoms with Gasteiger partial charge in [-0.2, -0.15) is 0 Å². The van der Waals surface area contributed by atoms with Crippen LogP contribution in [0.15, 0.2) is 77.2 Å². The molecule has 1 heterocycles. The molecule has 1 unspecified atom stereocenters. The van der Waals surface area contributed by atoms with Crippen molar-refractivity contribution in [1.82, 2.24) is 4.90 Å². The van der Waals surface area contributed by atoms with Gasteiger partial charge < -0.3 is 19.0 Å². The third kappa shape index (κ3) is 7.31. The smallest absolute Gasteiger partial charge is 0.344 e. The van der Waals surface area contributed by atoms with Crippen molar-refractivity contribution in [2.45, 2.75) is 26.9 Å². The molecule has 0 spiro atoms. The number of benzene rings is 3. The number of carboxylic acid groups (broad SMARTS) is 1. The van der Waals surface area contributed by atoms with Crippen molar-refractivity contribution in [1.29, 1.82) is 0 Å². The van der Waals surface area contributed by atoms with Gasteiger partial charge in [0.15, 0.2) is 6.10 Å². The van der Waals surface area contributed by atoms with Gasteiger partial charge in [0.25, 0.3) is 0 Å². The van der Waals surface area contributed by atoms with Gasteiger partial charge in [-0.25, -0.2) is 4.79 Å². The number of carboxylic acids is 1. The first kappa shape index (κ1) is 27.6. The van der Waals surface area contributed by atoms with E-state index in [1.54, 1.807) is 12.1 Å². The van der Waals surface area contributed by atoms with E-state index >= 15 is 0 Å². The predicted molar refractivity (Wildman–Crippen MR) is 154 cm³/mol. The second-order valence-corrected chi connectivity index (χ2v) is 9.68. The number of ether oxygens (including phenoxy) is 2. The van der Waals surface area contributed by atoms with Gasteiger partial charge in [0, 0.05) is 10.9 Å². The average molecular weight is 524 g/mol. The van der Waals surface area contributed by atoms with Crippen molar-refractivity contribution in [2.24, 2.45) is 0 Å². The van der Waals surface area contributed by atoms with Crippen LogP contribution in [0.25, 0.3) is 16.5 Å². The summed E-state index contributed by atoms with van der Waals surface area (Å²) in [5.74, 6) is 7.44. The quantitative estimate of drug-likeness (QED) is 0.259. The normalized spacial score (nSPS) is 12.2. The monoisotopic (exact) mass is 523 g/mol. The van der Waals surface area contributed by atoms with E-state index in [1.165, 1.54) is 6.92 Å². The molecular formula is C33H33NO5.